The number of nitrogens with two attached hydrogens (primary N) is 1. The Morgan fingerprint density at radius 1 is 1.14 bits per heavy atom. The number of hydrogen-bond donors (Lipinski definition) is 3. The number of nitrogens with zero attached hydrogens (tertiary/aromatic N) is 1. The topological polar surface area (TPSA) is 87.5 Å². The van der Waals surface area contributed by atoms with Gasteiger partial charge in [0.2, 0.25) is 5.91 Å². The molecule has 1 aliphatic heterocycles. The molecule has 21 heavy (non-hydrogen) atoms. The van der Waals surface area contributed by atoms with Gasteiger partial charge in [0, 0.05) is 24.5 Å². The second-order valence-corrected chi connectivity index (χ2v) is 5.31. The summed E-state index contributed by atoms with van der Waals surface area (Å²) in [4.78, 5) is 24.9. The van der Waals surface area contributed by atoms with Crippen molar-refractivity contribution in [2.45, 2.75) is 32.2 Å². The van der Waals surface area contributed by atoms with Crippen LogP contribution < -0.4 is 21.3 Å². The molecule has 1 fully saturated rings. The standard InChI is InChI=1S/C15H22N4O2/c1-11(17-15(16)21)14(20)18-12-5-7-13(8-6-12)19-9-3-2-4-10-19/h5-8,11H,2-4,9-10H2,1H3,(H,18,20)(H3,16,17,21)/t11-/m1/s1. The van der Waals surface area contributed by atoms with Crippen LogP contribution in [0.4, 0.5) is 16.2 Å². The van der Waals surface area contributed by atoms with Crippen LogP contribution in [0.1, 0.15) is 26.2 Å². The lowest BCUT2D eigenvalue weighted by atomic mass is 10.1. The number of carbonyl (C=O) groups is 2. The van der Waals surface area contributed by atoms with E-state index < -0.39 is 12.1 Å². The Bertz CT molecular complexity index is 495. The molecule has 1 atom stereocenters. The summed E-state index contributed by atoms with van der Waals surface area (Å²) in [6.45, 7) is 3.76. The molecule has 0 aliphatic carbocycles. The van der Waals surface area contributed by atoms with Crippen molar-refractivity contribution < 1.29 is 9.59 Å². The molecule has 0 aromatic heterocycles. The summed E-state index contributed by atoms with van der Waals surface area (Å²) in [5.41, 5.74) is 6.88. The number of hydrogen-bond acceptors (Lipinski definition) is 3. The Morgan fingerprint density at radius 3 is 2.33 bits per heavy atom. The molecule has 0 unspecified atom stereocenters. The molecule has 1 saturated heterocycles. The van der Waals surface area contributed by atoms with Gasteiger partial charge < -0.3 is 21.3 Å². The summed E-state index contributed by atoms with van der Waals surface area (Å²) in [7, 11) is 0. The first-order chi connectivity index (χ1) is 10.1. The van der Waals surface area contributed by atoms with Crippen LogP contribution in [-0.2, 0) is 4.79 Å². The molecule has 6 heteroatoms. The number of amides is 3. The van der Waals surface area contributed by atoms with Crippen LogP contribution in [0.25, 0.3) is 0 Å². The molecule has 0 bridgehead atoms. The van der Waals surface area contributed by atoms with Crippen LogP contribution in [-0.4, -0.2) is 31.1 Å². The SMILES string of the molecule is C[C@@H](NC(N)=O)C(=O)Nc1ccc(N2CCCCC2)cc1. The number of carbonyl (C=O) groups excluding carboxylic acids is 2. The van der Waals surface area contributed by atoms with E-state index >= 15 is 0 Å². The van der Waals surface area contributed by atoms with E-state index in [1.54, 1.807) is 6.92 Å². The number of nitrogens with one attached hydrogen (secondary N) is 2. The second kappa shape index (κ2) is 6.97. The minimum absolute atomic E-state index is 0.292. The minimum atomic E-state index is -0.710. The van der Waals surface area contributed by atoms with Crippen molar-refractivity contribution in [2.75, 3.05) is 23.3 Å². The largest absolute Gasteiger partial charge is 0.372 e. The monoisotopic (exact) mass is 290 g/mol. The molecular formula is C15H22N4O2. The van der Waals surface area contributed by atoms with Crippen molar-refractivity contribution in [3.63, 3.8) is 0 Å². The van der Waals surface area contributed by atoms with Gasteiger partial charge in [0.1, 0.15) is 6.04 Å². The van der Waals surface area contributed by atoms with Gasteiger partial charge in [0.25, 0.3) is 0 Å². The summed E-state index contributed by atoms with van der Waals surface area (Å²) in [6.07, 6.45) is 3.76. The van der Waals surface area contributed by atoms with Crippen molar-refractivity contribution >= 4 is 23.3 Å². The zero-order valence-electron chi connectivity index (χ0n) is 12.3. The van der Waals surface area contributed by atoms with E-state index in [0.717, 1.165) is 13.1 Å². The Balaban J connectivity index is 1.92. The lowest BCUT2D eigenvalue weighted by molar-refractivity contribution is -0.117. The van der Waals surface area contributed by atoms with E-state index in [4.69, 9.17) is 5.73 Å². The zero-order valence-corrected chi connectivity index (χ0v) is 12.3. The van der Waals surface area contributed by atoms with Crippen LogP contribution in [0.15, 0.2) is 24.3 Å². The van der Waals surface area contributed by atoms with E-state index in [9.17, 15) is 9.59 Å². The molecule has 0 spiro atoms. The first-order valence-corrected chi connectivity index (χ1v) is 7.28. The van der Waals surface area contributed by atoms with Crippen LogP contribution in [0.3, 0.4) is 0 Å². The predicted molar refractivity (Wildman–Crippen MR) is 83.3 cm³/mol. The van der Waals surface area contributed by atoms with Gasteiger partial charge >= 0.3 is 6.03 Å². The lowest BCUT2D eigenvalue weighted by Gasteiger charge is -2.28. The van der Waals surface area contributed by atoms with Gasteiger partial charge in [-0.15, -0.1) is 0 Å². The van der Waals surface area contributed by atoms with Gasteiger partial charge in [0.15, 0.2) is 0 Å². The molecule has 1 aromatic carbocycles. The molecule has 2 rings (SSSR count). The van der Waals surface area contributed by atoms with Crippen molar-refractivity contribution in [2.24, 2.45) is 5.73 Å². The number of piperidine rings is 1. The molecule has 0 saturated carbocycles. The zero-order chi connectivity index (χ0) is 15.2. The van der Waals surface area contributed by atoms with Crippen LogP contribution >= 0.6 is 0 Å². The minimum Gasteiger partial charge on any atom is -0.372 e. The Kier molecular flexibility index (Phi) is 5.03. The van der Waals surface area contributed by atoms with Crippen LogP contribution in [0.5, 0.6) is 0 Å². The van der Waals surface area contributed by atoms with Crippen molar-refractivity contribution in [3.8, 4) is 0 Å². The highest BCUT2D eigenvalue weighted by atomic mass is 16.2. The highest BCUT2D eigenvalue weighted by Crippen LogP contribution is 2.21. The normalized spacial score (nSPS) is 16.1. The lowest BCUT2D eigenvalue weighted by Crippen LogP contribution is -2.44. The summed E-state index contributed by atoms with van der Waals surface area (Å²) >= 11 is 0. The van der Waals surface area contributed by atoms with E-state index in [-0.39, 0.29) is 5.91 Å². The van der Waals surface area contributed by atoms with Crippen LogP contribution in [0.2, 0.25) is 0 Å². The smallest absolute Gasteiger partial charge is 0.312 e. The van der Waals surface area contributed by atoms with Gasteiger partial charge in [-0.05, 0) is 50.5 Å². The molecule has 4 N–H and O–H groups in total. The van der Waals surface area contributed by atoms with Crippen molar-refractivity contribution in [1.29, 1.82) is 0 Å². The van der Waals surface area contributed by atoms with E-state index in [1.165, 1.54) is 24.9 Å². The average molecular weight is 290 g/mol. The maximum atomic E-state index is 11.8. The van der Waals surface area contributed by atoms with Gasteiger partial charge in [-0.3, -0.25) is 4.79 Å². The fraction of sp³-hybridized carbons (Fsp3) is 0.467. The summed E-state index contributed by atoms with van der Waals surface area (Å²) in [6, 6.07) is 6.39. The quantitative estimate of drug-likeness (QED) is 0.788. The first kappa shape index (κ1) is 15.2. The van der Waals surface area contributed by atoms with E-state index in [1.807, 2.05) is 24.3 Å². The summed E-state index contributed by atoms with van der Waals surface area (Å²) < 4.78 is 0. The number of benzene rings is 1. The summed E-state index contributed by atoms with van der Waals surface area (Å²) in [5.74, 6) is -0.292. The molecular weight excluding hydrogens is 268 g/mol. The maximum absolute atomic E-state index is 11.8. The Labute approximate surface area is 124 Å². The third kappa shape index (κ3) is 4.37. The second-order valence-electron chi connectivity index (χ2n) is 5.31. The number of anilines is 2. The number of primary amides is 1. The fourth-order valence-electron chi connectivity index (χ4n) is 2.44. The van der Waals surface area contributed by atoms with Gasteiger partial charge in [-0.2, -0.15) is 0 Å². The predicted octanol–water partition coefficient (Wildman–Crippen LogP) is 1.67. The number of urea groups is 1. The molecule has 3 amide bonds. The van der Waals surface area contributed by atoms with Crippen molar-refractivity contribution in [3.05, 3.63) is 24.3 Å². The van der Waals surface area contributed by atoms with E-state index in [2.05, 4.69) is 15.5 Å². The first-order valence-electron chi connectivity index (χ1n) is 7.28. The van der Waals surface area contributed by atoms with Crippen molar-refractivity contribution in [1.82, 2.24) is 5.32 Å². The Morgan fingerprint density at radius 2 is 1.76 bits per heavy atom. The molecule has 0 radical (unpaired) electrons. The third-order valence-corrected chi connectivity index (χ3v) is 3.61. The summed E-state index contributed by atoms with van der Waals surface area (Å²) in [5, 5.41) is 5.09. The van der Waals surface area contributed by atoms with Gasteiger partial charge in [-0.25, -0.2) is 4.79 Å². The highest BCUT2D eigenvalue weighted by Gasteiger charge is 2.14. The van der Waals surface area contributed by atoms with Gasteiger partial charge in [0.05, 0.1) is 0 Å². The molecule has 1 heterocycles. The molecule has 1 aliphatic rings. The molecule has 114 valence electrons. The third-order valence-electron chi connectivity index (χ3n) is 3.61. The van der Waals surface area contributed by atoms with Crippen LogP contribution in [0, 0.1) is 0 Å². The average Bonchev–Trinajstić information content (AvgIpc) is 2.48. The van der Waals surface area contributed by atoms with E-state index in [0.29, 0.717) is 5.69 Å². The molecule has 6 nitrogen and oxygen atoms in total. The maximum Gasteiger partial charge on any atom is 0.312 e. The fourth-order valence-corrected chi connectivity index (χ4v) is 2.44. The van der Waals surface area contributed by atoms with Gasteiger partial charge in [-0.1, -0.05) is 0 Å². The highest BCUT2D eigenvalue weighted by molar-refractivity contribution is 5.96. The Hall–Kier alpha value is -2.24. The molecule has 1 aromatic rings. The number of rotatable bonds is 4.